The predicted molar refractivity (Wildman–Crippen MR) is 110 cm³/mol. The van der Waals surface area contributed by atoms with E-state index in [1.165, 1.54) is 81.9 Å². The van der Waals surface area contributed by atoms with Gasteiger partial charge < -0.3 is 17.8 Å². The zero-order chi connectivity index (χ0) is 19.0. The Balaban J connectivity index is 5.08. The van der Waals surface area contributed by atoms with Crippen molar-refractivity contribution in [3.63, 3.8) is 0 Å². The molecule has 152 valence electrons. The normalized spacial score (nSPS) is 12.7. The van der Waals surface area contributed by atoms with Crippen LogP contribution in [0.3, 0.4) is 0 Å². The molecule has 0 unspecified atom stereocenters. The zero-order valence-electron chi connectivity index (χ0n) is 18.1. The number of hydrogen-bond acceptors (Lipinski definition) is 3. The minimum Gasteiger partial charge on any atom is -0.377 e. The lowest BCUT2D eigenvalue weighted by molar-refractivity contribution is -0.927. The molecular formula is C20H46NO3Si+. The molecule has 0 spiro atoms. The van der Waals surface area contributed by atoms with Gasteiger partial charge in [-0.3, -0.25) is 0 Å². The second-order valence-electron chi connectivity index (χ2n) is 7.40. The fourth-order valence-corrected chi connectivity index (χ4v) is 5.55. The molecule has 0 radical (unpaired) electrons. The molecule has 0 N–H and O–H groups in total. The van der Waals surface area contributed by atoms with Gasteiger partial charge in [0.2, 0.25) is 0 Å². The molecular weight excluding hydrogens is 330 g/mol. The first-order valence-electron chi connectivity index (χ1n) is 10.6. The zero-order valence-corrected chi connectivity index (χ0v) is 19.1. The van der Waals surface area contributed by atoms with E-state index >= 15 is 0 Å². The summed E-state index contributed by atoms with van der Waals surface area (Å²) >= 11 is 0. The Morgan fingerprint density at radius 2 is 0.920 bits per heavy atom. The molecule has 5 heteroatoms. The van der Waals surface area contributed by atoms with Gasteiger partial charge in [-0.2, -0.15) is 0 Å². The van der Waals surface area contributed by atoms with Crippen LogP contribution >= 0.6 is 0 Å². The van der Waals surface area contributed by atoms with Gasteiger partial charge in [-0.1, -0.05) is 40.0 Å². The summed E-state index contributed by atoms with van der Waals surface area (Å²) in [6, 6.07) is 0.918. The van der Waals surface area contributed by atoms with Gasteiger partial charge >= 0.3 is 8.80 Å². The summed E-state index contributed by atoms with van der Waals surface area (Å²) in [4.78, 5) is 0. The van der Waals surface area contributed by atoms with E-state index in [1.54, 1.807) is 21.3 Å². The van der Waals surface area contributed by atoms with E-state index in [4.69, 9.17) is 13.3 Å². The summed E-state index contributed by atoms with van der Waals surface area (Å²) in [5.74, 6) is 0. The van der Waals surface area contributed by atoms with Crippen molar-refractivity contribution in [3.8, 4) is 0 Å². The third-order valence-electron chi connectivity index (χ3n) is 5.53. The topological polar surface area (TPSA) is 27.7 Å². The predicted octanol–water partition coefficient (Wildman–Crippen LogP) is 5.25. The van der Waals surface area contributed by atoms with E-state index < -0.39 is 8.80 Å². The van der Waals surface area contributed by atoms with Gasteiger partial charge in [-0.05, 0) is 38.5 Å². The standard InChI is InChI=1S/C20H46NO3Si/c1-7-10-13-16-21(17-14-11-8-2,18-15-12-9-3)19-20-25(22-4,23-5)24-6/h7-20H2,1-6H3/q+1. The number of quaternary nitrogens is 1. The van der Waals surface area contributed by atoms with Crippen LogP contribution in [0.2, 0.25) is 6.04 Å². The largest absolute Gasteiger partial charge is 0.505 e. The van der Waals surface area contributed by atoms with Crippen LogP contribution in [-0.4, -0.2) is 60.8 Å². The third kappa shape index (κ3) is 10.1. The van der Waals surface area contributed by atoms with Crippen LogP contribution in [0.4, 0.5) is 0 Å². The summed E-state index contributed by atoms with van der Waals surface area (Å²) in [5.41, 5.74) is 0. The van der Waals surface area contributed by atoms with Crippen molar-refractivity contribution in [2.75, 3.05) is 47.5 Å². The lowest BCUT2D eigenvalue weighted by Crippen LogP contribution is -2.55. The SMILES string of the molecule is CCCCC[N+](CCCCC)(CCCCC)CC[Si](OC)(OC)OC. The van der Waals surface area contributed by atoms with Crippen molar-refractivity contribution in [1.82, 2.24) is 0 Å². The van der Waals surface area contributed by atoms with Gasteiger partial charge in [0.05, 0.1) is 32.2 Å². The summed E-state index contributed by atoms with van der Waals surface area (Å²) in [7, 11) is 2.72. The van der Waals surface area contributed by atoms with Crippen molar-refractivity contribution in [3.05, 3.63) is 0 Å². The minimum atomic E-state index is -2.49. The molecule has 0 rings (SSSR count). The molecule has 0 aliphatic heterocycles. The maximum absolute atomic E-state index is 5.69. The van der Waals surface area contributed by atoms with E-state index in [0.717, 1.165) is 12.6 Å². The maximum Gasteiger partial charge on any atom is 0.505 e. The van der Waals surface area contributed by atoms with Crippen LogP contribution in [0.5, 0.6) is 0 Å². The highest BCUT2D eigenvalue weighted by atomic mass is 28.4. The first-order chi connectivity index (χ1) is 12.1. The molecule has 0 fully saturated rings. The van der Waals surface area contributed by atoms with Crippen molar-refractivity contribution >= 4 is 8.80 Å². The van der Waals surface area contributed by atoms with Crippen molar-refractivity contribution in [1.29, 1.82) is 0 Å². The van der Waals surface area contributed by atoms with Crippen LogP contribution in [0.15, 0.2) is 0 Å². The Labute approximate surface area is 159 Å². The van der Waals surface area contributed by atoms with Crippen molar-refractivity contribution in [2.45, 2.75) is 84.6 Å². The Bertz CT molecular complexity index is 264. The smallest absolute Gasteiger partial charge is 0.377 e. The van der Waals surface area contributed by atoms with Crippen molar-refractivity contribution < 1.29 is 17.8 Å². The molecule has 0 aromatic carbocycles. The number of hydrogen-bond donors (Lipinski definition) is 0. The Morgan fingerprint density at radius 3 is 1.20 bits per heavy atom. The lowest BCUT2D eigenvalue weighted by Gasteiger charge is -2.41. The average Bonchev–Trinajstić information content (AvgIpc) is 2.64. The molecule has 0 saturated heterocycles. The molecule has 25 heavy (non-hydrogen) atoms. The molecule has 0 bridgehead atoms. The molecule has 0 aromatic heterocycles. The van der Waals surface area contributed by atoms with Crippen LogP contribution in [-0.2, 0) is 13.3 Å². The number of unbranched alkanes of at least 4 members (excludes halogenated alkanes) is 6. The van der Waals surface area contributed by atoms with E-state index in [0.29, 0.717) is 0 Å². The molecule has 0 aliphatic rings. The van der Waals surface area contributed by atoms with Gasteiger partial charge in [-0.15, -0.1) is 0 Å². The first-order valence-corrected chi connectivity index (χ1v) is 12.5. The average molecular weight is 377 g/mol. The second kappa shape index (κ2) is 15.1. The maximum atomic E-state index is 5.69. The highest BCUT2D eigenvalue weighted by Gasteiger charge is 2.41. The van der Waals surface area contributed by atoms with Crippen LogP contribution in [0, 0.1) is 0 Å². The molecule has 0 atom stereocenters. The Kier molecular flexibility index (Phi) is 15.2. The molecule has 0 aliphatic carbocycles. The first kappa shape index (κ1) is 25.1. The highest BCUT2D eigenvalue weighted by molar-refractivity contribution is 6.60. The number of nitrogens with zero attached hydrogens (tertiary/aromatic N) is 1. The molecule has 0 aromatic rings. The van der Waals surface area contributed by atoms with Gasteiger partial charge in [0.15, 0.2) is 0 Å². The summed E-state index contributed by atoms with van der Waals surface area (Å²) in [5, 5.41) is 0. The fraction of sp³-hybridized carbons (Fsp3) is 1.00. The summed E-state index contributed by atoms with van der Waals surface area (Å²) < 4.78 is 18.3. The molecule has 0 heterocycles. The Hall–Kier alpha value is 0.0569. The molecule has 4 nitrogen and oxygen atoms in total. The van der Waals surface area contributed by atoms with Crippen LogP contribution in [0.25, 0.3) is 0 Å². The van der Waals surface area contributed by atoms with E-state index in [1.807, 2.05) is 0 Å². The van der Waals surface area contributed by atoms with E-state index in [2.05, 4.69) is 20.8 Å². The quantitative estimate of drug-likeness (QED) is 0.186. The summed E-state index contributed by atoms with van der Waals surface area (Å²) in [6.07, 6.45) is 11.9. The van der Waals surface area contributed by atoms with Crippen LogP contribution in [0.1, 0.15) is 78.6 Å². The Morgan fingerprint density at radius 1 is 0.560 bits per heavy atom. The third-order valence-corrected chi connectivity index (χ3v) is 8.24. The van der Waals surface area contributed by atoms with Crippen LogP contribution < -0.4 is 0 Å². The van der Waals surface area contributed by atoms with Gasteiger partial charge in [0.1, 0.15) is 0 Å². The molecule has 0 amide bonds. The molecule has 0 saturated carbocycles. The van der Waals surface area contributed by atoms with Gasteiger partial charge in [-0.25, -0.2) is 0 Å². The van der Waals surface area contributed by atoms with Crippen molar-refractivity contribution in [2.24, 2.45) is 0 Å². The minimum absolute atomic E-state index is 0.918. The van der Waals surface area contributed by atoms with E-state index in [9.17, 15) is 0 Å². The van der Waals surface area contributed by atoms with Gasteiger partial charge in [0.25, 0.3) is 0 Å². The lowest BCUT2D eigenvalue weighted by atomic mass is 10.1. The second-order valence-corrected chi connectivity index (χ2v) is 10.5. The highest BCUT2D eigenvalue weighted by Crippen LogP contribution is 2.22. The van der Waals surface area contributed by atoms with Gasteiger partial charge in [0, 0.05) is 21.3 Å². The summed E-state index contributed by atoms with van der Waals surface area (Å²) in [6.45, 7) is 11.9. The monoisotopic (exact) mass is 376 g/mol. The number of rotatable bonds is 18. The van der Waals surface area contributed by atoms with E-state index in [-0.39, 0.29) is 0 Å². The fourth-order valence-electron chi connectivity index (χ4n) is 3.69.